The Labute approximate surface area is 240 Å². The minimum absolute atomic E-state index is 0.0661. The summed E-state index contributed by atoms with van der Waals surface area (Å²) in [5, 5.41) is 0. The quantitative estimate of drug-likeness (QED) is 0.192. The zero-order valence-electron chi connectivity index (χ0n) is 24.9. The predicted molar refractivity (Wildman–Crippen MR) is 156 cm³/mol. The van der Waals surface area contributed by atoms with E-state index in [-0.39, 0.29) is 24.3 Å². The average Bonchev–Trinajstić information content (AvgIpc) is 2.95. The van der Waals surface area contributed by atoms with Crippen molar-refractivity contribution in [2.24, 2.45) is 35.5 Å². The summed E-state index contributed by atoms with van der Waals surface area (Å²) in [7, 11) is 0. The zero-order chi connectivity index (χ0) is 28.5. The van der Waals surface area contributed by atoms with Crippen LogP contribution in [0, 0.1) is 41.3 Å². The Bertz CT molecular complexity index is 914. The Balaban J connectivity index is 1.19. The molecule has 0 heterocycles. The first kappa shape index (κ1) is 31.4. The Morgan fingerprint density at radius 2 is 1.25 bits per heavy atom. The summed E-state index contributed by atoms with van der Waals surface area (Å²) in [4.78, 5) is 0. The van der Waals surface area contributed by atoms with Crippen LogP contribution in [0.1, 0.15) is 128 Å². The number of hydrogen-bond acceptors (Lipinski definition) is 1. The maximum absolute atomic E-state index is 14.7. The molecule has 40 heavy (non-hydrogen) atoms. The van der Waals surface area contributed by atoms with Gasteiger partial charge in [-0.15, -0.1) is 0 Å². The molecule has 3 aliphatic carbocycles. The molecule has 1 aromatic carbocycles. The maximum atomic E-state index is 14.7. The van der Waals surface area contributed by atoms with Crippen LogP contribution in [0.3, 0.4) is 0 Å². The second kappa shape index (κ2) is 15.1. The molecule has 0 unspecified atom stereocenters. The van der Waals surface area contributed by atoms with Crippen molar-refractivity contribution in [3.8, 4) is 5.75 Å². The van der Waals surface area contributed by atoms with Gasteiger partial charge in [0.05, 0.1) is 12.2 Å². The lowest BCUT2D eigenvalue weighted by molar-refractivity contribution is -0.140. The van der Waals surface area contributed by atoms with E-state index in [1.54, 1.807) is 0 Å². The van der Waals surface area contributed by atoms with E-state index >= 15 is 0 Å². The summed E-state index contributed by atoms with van der Waals surface area (Å²) in [5.41, 5.74) is -1.07. The van der Waals surface area contributed by atoms with E-state index < -0.39 is 17.6 Å². The number of allylic oxidation sites excluding steroid dienone is 2. The van der Waals surface area contributed by atoms with E-state index in [1.165, 1.54) is 89.2 Å². The molecular weight excluding hydrogens is 512 g/mol. The van der Waals surface area contributed by atoms with Gasteiger partial charge >= 0.3 is 6.18 Å². The van der Waals surface area contributed by atoms with Gasteiger partial charge in [-0.05, 0) is 131 Å². The molecule has 3 saturated carbocycles. The van der Waals surface area contributed by atoms with Crippen LogP contribution < -0.4 is 4.74 Å². The number of aryl methyl sites for hydroxylation is 1. The highest BCUT2D eigenvalue weighted by Gasteiger charge is 2.38. The number of benzene rings is 1. The van der Waals surface area contributed by atoms with E-state index in [0.29, 0.717) is 18.8 Å². The molecule has 0 saturated heterocycles. The first-order chi connectivity index (χ1) is 19.3. The Morgan fingerprint density at radius 1 is 0.725 bits per heavy atom. The standard InChI is InChI=1S/C35H52F4O/c1-3-5-25-6-8-26(9-7-25)10-11-27-12-17-29(18-13-27)30-19-14-28(15-20-30)16-21-31-22-23-32(40-24-4-2)34(36)33(31)35(37,38)39/h10-11,22-23,25-30H,3-9,12-21,24H2,1-2H3/b11-10+. The van der Waals surface area contributed by atoms with E-state index in [9.17, 15) is 17.6 Å². The SMILES string of the molecule is CCCOc1ccc(CCC2CCC(C3CCC(/C=C/C4CCC(CCC)CC4)CC3)CC2)c(C(F)(F)F)c1F. The zero-order valence-corrected chi connectivity index (χ0v) is 24.9. The fraction of sp³-hybridized carbons (Fsp3) is 0.771. The molecule has 0 bridgehead atoms. The van der Waals surface area contributed by atoms with Crippen LogP contribution in [0.25, 0.3) is 0 Å². The van der Waals surface area contributed by atoms with Gasteiger partial charge in [0, 0.05) is 0 Å². The summed E-state index contributed by atoms with van der Waals surface area (Å²) >= 11 is 0. The third-order valence-electron chi connectivity index (χ3n) is 10.4. The molecule has 1 nitrogen and oxygen atoms in total. The van der Waals surface area contributed by atoms with E-state index in [0.717, 1.165) is 42.4 Å². The molecule has 0 aliphatic heterocycles. The molecule has 226 valence electrons. The summed E-state index contributed by atoms with van der Waals surface area (Å²) in [6.07, 6.45) is 20.2. The molecule has 0 radical (unpaired) electrons. The van der Waals surface area contributed by atoms with Crippen molar-refractivity contribution in [2.75, 3.05) is 6.61 Å². The van der Waals surface area contributed by atoms with Crippen LogP contribution in [-0.4, -0.2) is 6.61 Å². The minimum atomic E-state index is -4.72. The smallest absolute Gasteiger partial charge is 0.419 e. The third kappa shape index (κ3) is 8.74. The normalized spacial score (nSPS) is 30.1. The van der Waals surface area contributed by atoms with Gasteiger partial charge in [-0.1, -0.05) is 57.7 Å². The second-order valence-electron chi connectivity index (χ2n) is 13.2. The third-order valence-corrected chi connectivity index (χ3v) is 10.4. The lowest BCUT2D eigenvalue weighted by Crippen LogP contribution is -2.26. The van der Waals surface area contributed by atoms with Crippen molar-refractivity contribution in [3.05, 3.63) is 41.2 Å². The largest absolute Gasteiger partial charge is 0.491 e. The van der Waals surface area contributed by atoms with Gasteiger partial charge in [-0.3, -0.25) is 0 Å². The molecule has 0 atom stereocenters. The van der Waals surface area contributed by atoms with Crippen LogP contribution in [0.5, 0.6) is 5.75 Å². The van der Waals surface area contributed by atoms with Gasteiger partial charge in [0.25, 0.3) is 0 Å². The maximum Gasteiger partial charge on any atom is 0.419 e. The molecule has 3 aliphatic rings. The minimum Gasteiger partial charge on any atom is -0.491 e. The number of alkyl halides is 3. The molecule has 4 rings (SSSR count). The monoisotopic (exact) mass is 564 g/mol. The van der Waals surface area contributed by atoms with Crippen molar-refractivity contribution in [3.63, 3.8) is 0 Å². The Hall–Kier alpha value is -1.52. The number of hydrogen-bond donors (Lipinski definition) is 0. The first-order valence-electron chi connectivity index (χ1n) is 16.5. The van der Waals surface area contributed by atoms with Crippen molar-refractivity contribution >= 4 is 0 Å². The number of ether oxygens (including phenoxy) is 1. The Kier molecular flexibility index (Phi) is 11.9. The molecule has 1 aromatic rings. The van der Waals surface area contributed by atoms with Gasteiger partial charge < -0.3 is 4.74 Å². The molecule has 0 aromatic heterocycles. The summed E-state index contributed by atoms with van der Waals surface area (Å²) in [5.74, 6) is 3.00. The van der Waals surface area contributed by atoms with Crippen LogP contribution in [0.15, 0.2) is 24.3 Å². The summed E-state index contributed by atoms with van der Waals surface area (Å²) in [6, 6.07) is 2.79. The molecule has 5 heteroatoms. The van der Waals surface area contributed by atoms with Crippen LogP contribution in [-0.2, 0) is 12.6 Å². The van der Waals surface area contributed by atoms with E-state index in [1.807, 2.05) is 6.92 Å². The van der Waals surface area contributed by atoms with Crippen molar-refractivity contribution in [2.45, 2.75) is 129 Å². The number of rotatable bonds is 11. The fourth-order valence-electron chi connectivity index (χ4n) is 7.94. The summed E-state index contributed by atoms with van der Waals surface area (Å²) < 4.78 is 61.2. The second-order valence-corrected chi connectivity index (χ2v) is 13.2. The highest BCUT2D eigenvalue weighted by Crippen LogP contribution is 2.44. The molecular formula is C35H52F4O. The predicted octanol–water partition coefficient (Wildman–Crippen LogP) is 11.3. The first-order valence-corrected chi connectivity index (χ1v) is 16.5. The van der Waals surface area contributed by atoms with Crippen LogP contribution in [0.2, 0.25) is 0 Å². The van der Waals surface area contributed by atoms with Gasteiger partial charge in [0.2, 0.25) is 0 Å². The van der Waals surface area contributed by atoms with Gasteiger partial charge in [0.15, 0.2) is 11.6 Å². The lowest BCUT2D eigenvalue weighted by Gasteiger charge is -2.37. The van der Waals surface area contributed by atoms with Crippen molar-refractivity contribution < 1.29 is 22.3 Å². The summed E-state index contributed by atoms with van der Waals surface area (Å²) in [6.45, 7) is 4.35. The van der Waals surface area contributed by atoms with Gasteiger partial charge in [0.1, 0.15) is 0 Å². The van der Waals surface area contributed by atoms with Crippen molar-refractivity contribution in [1.82, 2.24) is 0 Å². The molecule has 0 spiro atoms. The van der Waals surface area contributed by atoms with E-state index in [2.05, 4.69) is 19.1 Å². The van der Waals surface area contributed by atoms with Crippen LogP contribution >= 0.6 is 0 Å². The van der Waals surface area contributed by atoms with Crippen molar-refractivity contribution in [1.29, 1.82) is 0 Å². The van der Waals surface area contributed by atoms with Gasteiger partial charge in [-0.25, -0.2) is 4.39 Å². The Morgan fingerprint density at radius 3 is 1.80 bits per heavy atom. The lowest BCUT2D eigenvalue weighted by atomic mass is 9.68. The molecule has 3 fully saturated rings. The molecule has 0 N–H and O–H groups in total. The topological polar surface area (TPSA) is 9.23 Å². The van der Waals surface area contributed by atoms with Gasteiger partial charge in [-0.2, -0.15) is 13.2 Å². The fourth-order valence-corrected chi connectivity index (χ4v) is 7.94. The van der Waals surface area contributed by atoms with Crippen LogP contribution in [0.4, 0.5) is 17.6 Å². The highest BCUT2D eigenvalue weighted by molar-refractivity contribution is 5.39. The average molecular weight is 565 g/mol. The number of halogens is 4. The molecule has 0 amide bonds. The highest BCUT2D eigenvalue weighted by atomic mass is 19.4. The van der Waals surface area contributed by atoms with E-state index in [4.69, 9.17) is 4.74 Å².